The number of nitrogens with zero attached hydrogens (tertiary/aromatic N) is 1. The zero-order valence-corrected chi connectivity index (χ0v) is 13.1. The third-order valence-corrected chi connectivity index (χ3v) is 3.14. The molecule has 1 aromatic rings. The van der Waals surface area contributed by atoms with Crippen molar-refractivity contribution in [3.05, 3.63) is 29.6 Å². The van der Waals surface area contributed by atoms with Gasteiger partial charge in [0.25, 0.3) is 0 Å². The van der Waals surface area contributed by atoms with Gasteiger partial charge in [-0.25, -0.2) is 0 Å². The molecule has 4 nitrogen and oxygen atoms in total. The lowest BCUT2D eigenvalue weighted by atomic mass is 9.87. The highest BCUT2D eigenvalue weighted by Gasteiger charge is 2.18. The van der Waals surface area contributed by atoms with Crippen LogP contribution in [0.15, 0.2) is 18.3 Å². The SMILES string of the molecule is CCc1cccnc1CNC(=O)CC(N)CC(C)(C)C. The zero-order chi connectivity index (χ0) is 15.2. The first kappa shape index (κ1) is 16.6. The smallest absolute Gasteiger partial charge is 0.221 e. The van der Waals surface area contributed by atoms with Gasteiger partial charge in [0.2, 0.25) is 5.91 Å². The Labute approximate surface area is 122 Å². The van der Waals surface area contributed by atoms with Gasteiger partial charge in [-0.15, -0.1) is 0 Å². The molecule has 112 valence electrons. The first-order valence-corrected chi connectivity index (χ1v) is 7.27. The highest BCUT2D eigenvalue weighted by atomic mass is 16.1. The lowest BCUT2D eigenvalue weighted by Gasteiger charge is -2.22. The van der Waals surface area contributed by atoms with Gasteiger partial charge in [0.15, 0.2) is 0 Å². The molecule has 3 N–H and O–H groups in total. The number of hydrogen-bond acceptors (Lipinski definition) is 3. The summed E-state index contributed by atoms with van der Waals surface area (Å²) in [5.74, 6) is -0.00513. The number of aryl methyl sites for hydroxylation is 1. The first-order chi connectivity index (χ1) is 9.31. The molecule has 1 unspecified atom stereocenters. The van der Waals surface area contributed by atoms with E-state index in [4.69, 9.17) is 5.73 Å². The second-order valence-electron chi connectivity index (χ2n) is 6.47. The predicted octanol–water partition coefficient (Wildman–Crippen LogP) is 2.41. The summed E-state index contributed by atoms with van der Waals surface area (Å²) >= 11 is 0. The molecule has 0 saturated carbocycles. The van der Waals surface area contributed by atoms with Crippen LogP contribution in [0.5, 0.6) is 0 Å². The third-order valence-electron chi connectivity index (χ3n) is 3.14. The fourth-order valence-corrected chi connectivity index (χ4v) is 2.30. The fourth-order valence-electron chi connectivity index (χ4n) is 2.30. The highest BCUT2D eigenvalue weighted by Crippen LogP contribution is 2.20. The van der Waals surface area contributed by atoms with Gasteiger partial charge in [-0.2, -0.15) is 0 Å². The molecule has 1 atom stereocenters. The van der Waals surface area contributed by atoms with Crippen LogP contribution in [0.2, 0.25) is 0 Å². The fraction of sp³-hybridized carbons (Fsp3) is 0.625. The lowest BCUT2D eigenvalue weighted by molar-refractivity contribution is -0.121. The second-order valence-corrected chi connectivity index (χ2v) is 6.47. The van der Waals surface area contributed by atoms with E-state index in [-0.39, 0.29) is 17.4 Å². The number of nitrogens with two attached hydrogens (primary N) is 1. The Morgan fingerprint density at radius 2 is 2.15 bits per heavy atom. The molecular weight excluding hydrogens is 250 g/mol. The minimum Gasteiger partial charge on any atom is -0.350 e. The molecule has 0 saturated heterocycles. The maximum Gasteiger partial charge on any atom is 0.221 e. The van der Waals surface area contributed by atoms with E-state index < -0.39 is 0 Å². The Morgan fingerprint density at radius 3 is 2.75 bits per heavy atom. The van der Waals surface area contributed by atoms with Gasteiger partial charge in [0.1, 0.15) is 0 Å². The van der Waals surface area contributed by atoms with Crippen molar-refractivity contribution in [3.63, 3.8) is 0 Å². The van der Waals surface area contributed by atoms with Gasteiger partial charge in [-0.3, -0.25) is 9.78 Å². The average Bonchev–Trinajstić information content (AvgIpc) is 2.34. The Kier molecular flexibility index (Phi) is 6.14. The molecule has 1 heterocycles. The van der Waals surface area contributed by atoms with Crippen LogP contribution in [0, 0.1) is 5.41 Å². The maximum absolute atomic E-state index is 11.9. The van der Waals surface area contributed by atoms with E-state index in [0.717, 1.165) is 18.5 Å². The number of rotatable bonds is 6. The van der Waals surface area contributed by atoms with Crippen molar-refractivity contribution in [1.29, 1.82) is 0 Å². The van der Waals surface area contributed by atoms with Crippen molar-refractivity contribution in [2.45, 2.75) is 59.5 Å². The van der Waals surface area contributed by atoms with Crippen LogP contribution < -0.4 is 11.1 Å². The van der Waals surface area contributed by atoms with Gasteiger partial charge in [0, 0.05) is 18.7 Å². The minimum absolute atomic E-state index is 0.00513. The predicted molar refractivity (Wildman–Crippen MR) is 82.1 cm³/mol. The van der Waals surface area contributed by atoms with E-state index in [0.29, 0.717) is 13.0 Å². The molecular formula is C16H27N3O. The molecule has 0 radical (unpaired) electrons. The number of nitrogens with one attached hydrogen (secondary N) is 1. The average molecular weight is 277 g/mol. The summed E-state index contributed by atoms with van der Waals surface area (Å²) in [6.07, 6.45) is 3.88. The van der Waals surface area contributed by atoms with Crippen molar-refractivity contribution in [1.82, 2.24) is 10.3 Å². The van der Waals surface area contributed by atoms with Crippen LogP contribution in [0.1, 0.15) is 51.8 Å². The molecule has 1 rings (SSSR count). The lowest BCUT2D eigenvalue weighted by Crippen LogP contribution is -2.34. The Bertz CT molecular complexity index is 438. The highest BCUT2D eigenvalue weighted by molar-refractivity contribution is 5.76. The monoisotopic (exact) mass is 277 g/mol. The molecule has 0 aliphatic rings. The van der Waals surface area contributed by atoms with Crippen LogP contribution in [-0.2, 0) is 17.8 Å². The molecule has 0 bridgehead atoms. The van der Waals surface area contributed by atoms with Gasteiger partial charge >= 0.3 is 0 Å². The Balaban J connectivity index is 2.43. The van der Waals surface area contributed by atoms with Gasteiger partial charge in [0.05, 0.1) is 12.2 Å². The number of aromatic nitrogens is 1. The molecule has 0 spiro atoms. The Morgan fingerprint density at radius 1 is 1.45 bits per heavy atom. The number of carbonyl (C=O) groups is 1. The summed E-state index contributed by atoms with van der Waals surface area (Å²) in [7, 11) is 0. The molecule has 0 aliphatic heterocycles. The normalized spacial score (nSPS) is 13.1. The van der Waals surface area contributed by atoms with E-state index in [9.17, 15) is 4.79 Å². The maximum atomic E-state index is 11.9. The van der Waals surface area contributed by atoms with Gasteiger partial charge < -0.3 is 11.1 Å². The number of carbonyl (C=O) groups excluding carboxylic acids is 1. The molecule has 4 heteroatoms. The molecule has 1 aromatic heterocycles. The van der Waals surface area contributed by atoms with Crippen molar-refractivity contribution >= 4 is 5.91 Å². The van der Waals surface area contributed by atoms with Crippen LogP contribution in [-0.4, -0.2) is 16.9 Å². The largest absolute Gasteiger partial charge is 0.350 e. The topological polar surface area (TPSA) is 68.0 Å². The third kappa shape index (κ3) is 6.15. The Hall–Kier alpha value is -1.42. The van der Waals surface area contributed by atoms with Crippen molar-refractivity contribution in [3.8, 4) is 0 Å². The van der Waals surface area contributed by atoms with E-state index in [1.54, 1.807) is 6.20 Å². The van der Waals surface area contributed by atoms with E-state index in [2.05, 4.69) is 38.0 Å². The van der Waals surface area contributed by atoms with Crippen LogP contribution in [0.25, 0.3) is 0 Å². The van der Waals surface area contributed by atoms with E-state index in [1.807, 2.05) is 12.1 Å². The van der Waals surface area contributed by atoms with Gasteiger partial charge in [-0.1, -0.05) is 33.8 Å². The molecule has 1 amide bonds. The van der Waals surface area contributed by atoms with Crippen LogP contribution >= 0.6 is 0 Å². The summed E-state index contributed by atoms with van der Waals surface area (Å²) in [5.41, 5.74) is 8.27. The summed E-state index contributed by atoms with van der Waals surface area (Å²) < 4.78 is 0. The molecule has 20 heavy (non-hydrogen) atoms. The molecule has 0 aromatic carbocycles. The van der Waals surface area contributed by atoms with E-state index in [1.165, 1.54) is 5.56 Å². The van der Waals surface area contributed by atoms with Crippen molar-refractivity contribution < 1.29 is 4.79 Å². The standard InChI is InChI=1S/C16H27N3O/c1-5-12-7-6-8-18-14(12)11-19-15(20)9-13(17)10-16(2,3)4/h6-8,13H,5,9-11,17H2,1-4H3,(H,19,20). The summed E-state index contributed by atoms with van der Waals surface area (Å²) in [4.78, 5) is 16.2. The van der Waals surface area contributed by atoms with Crippen molar-refractivity contribution in [2.75, 3.05) is 0 Å². The first-order valence-electron chi connectivity index (χ1n) is 7.27. The van der Waals surface area contributed by atoms with Crippen LogP contribution in [0.3, 0.4) is 0 Å². The quantitative estimate of drug-likeness (QED) is 0.839. The van der Waals surface area contributed by atoms with E-state index >= 15 is 0 Å². The number of pyridine rings is 1. The summed E-state index contributed by atoms with van der Waals surface area (Å²) in [6.45, 7) is 8.96. The second kappa shape index (κ2) is 7.39. The van der Waals surface area contributed by atoms with Crippen LogP contribution in [0.4, 0.5) is 0 Å². The number of amides is 1. The number of hydrogen-bond donors (Lipinski definition) is 2. The zero-order valence-electron chi connectivity index (χ0n) is 13.1. The van der Waals surface area contributed by atoms with Gasteiger partial charge in [-0.05, 0) is 29.9 Å². The minimum atomic E-state index is -0.0932. The van der Waals surface area contributed by atoms with Crippen molar-refractivity contribution in [2.24, 2.45) is 11.1 Å². The summed E-state index contributed by atoms with van der Waals surface area (Å²) in [6, 6.07) is 3.87. The molecule has 0 fully saturated rings. The molecule has 0 aliphatic carbocycles. The summed E-state index contributed by atoms with van der Waals surface area (Å²) in [5, 5.41) is 2.91.